The van der Waals surface area contributed by atoms with Crippen LogP contribution >= 0.6 is 0 Å². The minimum atomic E-state index is -3.15. The molecule has 0 aromatic heterocycles. The van der Waals surface area contributed by atoms with Crippen molar-refractivity contribution < 1.29 is 8.42 Å². The number of hydrogen-bond donors (Lipinski definition) is 1. The molecule has 0 radical (unpaired) electrons. The number of sulfone groups is 1. The molecule has 0 aliphatic rings. The number of rotatable bonds is 6. The molecule has 1 aromatic carbocycles. The zero-order valence-corrected chi connectivity index (χ0v) is 16.6. The van der Waals surface area contributed by atoms with E-state index in [0.717, 1.165) is 19.0 Å². The minimum Gasteiger partial charge on any atom is -0.357 e. The van der Waals surface area contributed by atoms with Crippen molar-refractivity contribution in [2.75, 3.05) is 25.9 Å². The Morgan fingerprint density at radius 3 is 2.42 bits per heavy atom. The Kier molecular flexibility index (Phi) is 7.27. The molecule has 5 nitrogen and oxygen atoms in total. The summed E-state index contributed by atoms with van der Waals surface area (Å²) in [5.41, 5.74) is 2.46. The lowest BCUT2D eigenvalue weighted by atomic mass is 10.1. The molecule has 1 N–H and O–H groups in total. The van der Waals surface area contributed by atoms with Gasteiger partial charge in [-0.3, -0.25) is 4.99 Å². The van der Waals surface area contributed by atoms with Crippen molar-refractivity contribution in [2.24, 2.45) is 4.99 Å². The van der Waals surface area contributed by atoms with Crippen molar-refractivity contribution in [3.05, 3.63) is 35.4 Å². The molecule has 0 saturated heterocycles. The lowest BCUT2D eigenvalue weighted by molar-refractivity contribution is 0.476. The second kappa shape index (κ2) is 8.51. The van der Waals surface area contributed by atoms with Crippen molar-refractivity contribution in [1.82, 2.24) is 10.2 Å². The SMILES string of the molecule is CCNC(=NCCS(=O)(=O)C(C)(C)C)N(C)Cc1ccccc1C. The summed E-state index contributed by atoms with van der Waals surface area (Å²) in [4.78, 5) is 6.51. The van der Waals surface area contributed by atoms with E-state index in [-0.39, 0.29) is 12.3 Å². The Bertz CT molecular complexity index is 661. The number of aryl methyl sites for hydroxylation is 1. The average Bonchev–Trinajstić information content (AvgIpc) is 2.47. The summed E-state index contributed by atoms with van der Waals surface area (Å²) in [6.45, 7) is 11.0. The van der Waals surface area contributed by atoms with Crippen molar-refractivity contribution in [1.29, 1.82) is 0 Å². The first kappa shape index (κ1) is 20.5. The van der Waals surface area contributed by atoms with E-state index in [9.17, 15) is 8.42 Å². The van der Waals surface area contributed by atoms with Gasteiger partial charge in [-0.15, -0.1) is 0 Å². The van der Waals surface area contributed by atoms with Gasteiger partial charge in [-0.05, 0) is 45.7 Å². The summed E-state index contributed by atoms with van der Waals surface area (Å²) in [6, 6.07) is 8.23. The fourth-order valence-corrected chi connectivity index (χ4v) is 3.11. The molecule has 0 fully saturated rings. The maximum absolute atomic E-state index is 12.2. The van der Waals surface area contributed by atoms with E-state index in [1.54, 1.807) is 20.8 Å². The molecule has 0 bridgehead atoms. The van der Waals surface area contributed by atoms with Gasteiger partial charge in [-0.25, -0.2) is 8.42 Å². The molecule has 0 spiro atoms. The molecule has 0 saturated carbocycles. The number of aliphatic imine (C=N–C) groups is 1. The van der Waals surface area contributed by atoms with Crippen LogP contribution in [-0.2, 0) is 16.4 Å². The molecule has 0 aliphatic carbocycles. The number of benzene rings is 1. The van der Waals surface area contributed by atoms with Crippen molar-refractivity contribution >= 4 is 15.8 Å². The van der Waals surface area contributed by atoms with Gasteiger partial charge in [0.2, 0.25) is 0 Å². The predicted octanol–water partition coefficient (Wildman–Crippen LogP) is 2.61. The lowest BCUT2D eigenvalue weighted by Gasteiger charge is -2.23. The summed E-state index contributed by atoms with van der Waals surface area (Å²) in [5, 5.41) is 3.23. The van der Waals surface area contributed by atoms with E-state index < -0.39 is 14.6 Å². The zero-order valence-electron chi connectivity index (χ0n) is 15.8. The van der Waals surface area contributed by atoms with Crippen molar-refractivity contribution in [3.8, 4) is 0 Å². The van der Waals surface area contributed by atoms with Gasteiger partial charge < -0.3 is 10.2 Å². The molecule has 0 heterocycles. The standard InChI is InChI=1S/C18H31N3O2S/c1-7-19-17(20-12-13-24(22,23)18(3,4)5)21(6)14-16-11-9-8-10-15(16)2/h8-11H,7,12-14H2,1-6H3,(H,19,20). The van der Waals surface area contributed by atoms with Crippen LogP contribution < -0.4 is 5.32 Å². The highest BCUT2D eigenvalue weighted by Crippen LogP contribution is 2.15. The third-order valence-corrected chi connectivity index (χ3v) is 6.51. The summed E-state index contributed by atoms with van der Waals surface area (Å²) in [6.07, 6.45) is 0. The second-order valence-electron chi connectivity index (χ2n) is 6.95. The van der Waals surface area contributed by atoms with E-state index in [2.05, 4.69) is 29.4 Å². The molecule has 136 valence electrons. The summed E-state index contributed by atoms with van der Waals surface area (Å²) in [5.74, 6) is 0.786. The summed E-state index contributed by atoms with van der Waals surface area (Å²) < 4.78 is 23.6. The van der Waals surface area contributed by atoms with Gasteiger partial charge in [0.15, 0.2) is 15.8 Å². The lowest BCUT2D eigenvalue weighted by Crippen LogP contribution is -2.39. The van der Waals surface area contributed by atoms with Crippen LogP contribution in [0.3, 0.4) is 0 Å². The van der Waals surface area contributed by atoms with E-state index in [4.69, 9.17) is 0 Å². The maximum Gasteiger partial charge on any atom is 0.193 e. The molecule has 6 heteroatoms. The van der Waals surface area contributed by atoms with Gasteiger partial charge in [-0.1, -0.05) is 24.3 Å². The monoisotopic (exact) mass is 353 g/mol. The zero-order chi connectivity index (χ0) is 18.4. The Labute approximate surface area is 147 Å². The van der Waals surface area contributed by atoms with Crippen LogP contribution in [0.25, 0.3) is 0 Å². The number of guanidine groups is 1. The van der Waals surface area contributed by atoms with Gasteiger partial charge in [0.1, 0.15) is 0 Å². The van der Waals surface area contributed by atoms with Gasteiger partial charge >= 0.3 is 0 Å². The predicted molar refractivity (Wildman–Crippen MR) is 102 cm³/mol. The maximum atomic E-state index is 12.2. The molecule has 0 aliphatic heterocycles. The third-order valence-electron chi connectivity index (χ3n) is 3.92. The van der Waals surface area contributed by atoms with Crippen LogP contribution in [0.1, 0.15) is 38.8 Å². The quantitative estimate of drug-likeness (QED) is 0.631. The molecule has 0 unspecified atom stereocenters. The first-order chi connectivity index (χ1) is 11.1. The normalized spacial score (nSPS) is 13.0. The Morgan fingerprint density at radius 1 is 1.25 bits per heavy atom. The van der Waals surface area contributed by atoms with E-state index in [0.29, 0.717) is 0 Å². The second-order valence-corrected chi connectivity index (χ2v) is 9.81. The van der Waals surface area contributed by atoms with Gasteiger partial charge in [0, 0.05) is 20.1 Å². The van der Waals surface area contributed by atoms with E-state index in [1.165, 1.54) is 11.1 Å². The number of nitrogens with one attached hydrogen (secondary N) is 1. The van der Waals surface area contributed by atoms with Crippen LogP contribution in [0.5, 0.6) is 0 Å². The largest absolute Gasteiger partial charge is 0.357 e. The van der Waals surface area contributed by atoms with Crippen LogP contribution in [0, 0.1) is 6.92 Å². The fourth-order valence-electron chi connectivity index (χ4n) is 2.17. The van der Waals surface area contributed by atoms with Gasteiger partial charge in [0.05, 0.1) is 17.0 Å². The van der Waals surface area contributed by atoms with Gasteiger partial charge in [0.25, 0.3) is 0 Å². The van der Waals surface area contributed by atoms with Gasteiger partial charge in [-0.2, -0.15) is 0 Å². The van der Waals surface area contributed by atoms with Crippen LogP contribution in [0.4, 0.5) is 0 Å². The molecule has 0 amide bonds. The highest BCUT2D eigenvalue weighted by molar-refractivity contribution is 7.92. The molecule has 24 heavy (non-hydrogen) atoms. The molecule has 1 aromatic rings. The fraction of sp³-hybridized carbons (Fsp3) is 0.611. The Balaban J connectivity index is 2.80. The van der Waals surface area contributed by atoms with Crippen LogP contribution in [-0.4, -0.2) is 49.9 Å². The first-order valence-electron chi connectivity index (χ1n) is 8.34. The molecular weight excluding hydrogens is 322 g/mol. The number of nitrogens with zero attached hydrogens (tertiary/aromatic N) is 2. The van der Waals surface area contributed by atoms with E-state index >= 15 is 0 Å². The molecule has 0 atom stereocenters. The topological polar surface area (TPSA) is 61.8 Å². The average molecular weight is 354 g/mol. The minimum absolute atomic E-state index is 0.0591. The smallest absolute Gasteiger partial charge is 0.193 e. The van der Waals surface area contributed by atoms with E-state index in [1.807, 2.05) is 31.0 Å². The van der Waals surface area contributed by atoms with Crippen LogP contribution in [0.2, 0.25) is 0 Å². The third kappa shape index (κ3) is 5.82. The summed E-state index contributed by atoms with van der Waals surface area (Å²) >= 11 is 0. The Hall–Kier alpha value is -1.56. The van der Waals surface area contributed by atoms with Crippen LogP contribution in [0.15, 0.2) is 29.3 Å². The summed E-state index contributed by atoms with van der Waals surface area (Å²) in [7, 11) is -1.19. The Morgan fingerprint density at radius 2 is 1.88 bits per heavy atom. The highest BCUT2D eigenvalue weighted by Gasteiger charge is 2.28. The first-order valence-corrected chi connectivity index (χ1v) is 10.00. The highest BCUT2D eigenvalue weighted by atomic mass is 32.2. The number of hydrogen-bond acceptors (Lipinski definition) is 3. The molecule has 1 rings (SSSR count). The van der Waals surface area contributed by atoms with Crippen molar-refractivity contribution in [2.45, 2.75) is 45.9 Å². The van der Waals surface area contributed by atoms with Crippen molar-refractivity contribution in [3.63, 3.8) is 0 Å². The molecular formula is C18H31N3O2S.